The topological polar surface area (TPSA) is 93.1 Å². The van der Waals surface area contributed by atoms with Crippen LogP contribution in [0, 0.1) is 51.8 Å². The molecule has 1 N–H and O–H groups in total. The van der Waals surface area contributed by atoms with Crippen molar-refractivity contribution in [2.75, 3.05) is 26.2 Å². The molecule has 7 heteroatoms. The van der Waals surface area contributed by atoms with E-state index in [2.05, 4.69) is 31.7 Å². The van der Waals surface area contributed by atoms with E-state index >= 15 is 0 Å². The predicted molar refractivity (Wildman–Crippen MR) is 146 cm³/mol. The van der Waals surface area contributed by atoms with Crippen molar-refractivity contribution < 1.29 is 29.0 Å². The normalized spacial score (nSPS) is 46.8. The van der Waals surface area contributed by atoms with E-state index in [1.165, 1.54) is 19.3 Å². The molecule has 0 aromatic carbocycles. The van der Waals surface area contributed by atoms with Gasteiger partial charge in [-0.2, -0.15) is 0 Å². The number of ether oxygens (including phenoxy) is 2. The summed E-state index contributed by atoms with van der Waals surface area (Å²) in [4.78, 5) is 43.4. The van der Waals surface area contributed by atoms with E-state index in [1.807, 2.05) is 6.92 Å². The smallest absolute Gasteiger partial charge is 0.315 e. The molecule has 6 aliphatic rings. The summed E-state index contributed by atoms with van der Waals surface area (Å²) in [5, 5.41) is 11.4. The quantitative estimate of drug-likeness (QED) is 0.270. The van der Waals surface area contributed by atoms with Gasteiger partial charge in [0.2, 0.25) is 0 Å². The molecular formula is C32H47NO6. The molecule has 0 spiro atoms. The van der Waals surface area contributed by atoms with Crippen LogP contribution in [0.2, 0.25) is 0 Å². The molecule has 4 bridgehead atoms. The summed E-state index contributed by atoms with van der Waals surface area (Å²) in [6, 6.07) is 0. The highest BCUT2D eigenvalue weighted by Crippen LogP contribution is 2.84. The Balaban J connectivity index is 1.50. The van der Waals surface area contributed by atoms with Crippen LogP contribution in [0.4, 0.5) is 0 Å². The molecule has 216 valence electrons. The number of hydrogen-bond acceptors (Lipinski definition) is 6. The van der Waals surface area contributed by atoms with E-state index in [0.717, 1.165) is 44.3 Å². The average Bonchev–Trinajstić information content (AvgIpc) is 3.62. The summed E-state index contributed by atoms with van der Waals surface area (Å²) in [5.41, 5.74) is -2.24. The number of fused-ring (bicyclic) bond motifs is 2. The number of hydrogen-bond donors (Lipinski definition) is 1. The molecule has 0 amide bonds. The van der Waals surface area contributed by atoms with Crippen molar-refractivity contribution in [2.45, 2.75) is 91.3 Å². The number of aldehydes is 1. The maximum absolute atomic E-state index is 13.9. The van der Waals surface area contributed by atoms with Crippen molar-refractivity contribution in [3.8, 4) is 0 Å². The van der Waals surface area contributed by atoms with Crippen molar-refractivity contribution in [1.82, 2.24) is 4.90 Å². The Hall–Kier alpha value is -1.73. The van der Waals surface area contributed by atoms with Crippen molar-refractivity contribution in [3.05, 3.63) is 11.6 Å². The van der Waals surface area contributed by atoms with Gasteiger partial charge in [-0.15, -0.1) is 0 Å². The van der Waals surface area contributed by atoms with E-state index in [0.29, 0.717) is 25.2 Å². The highest BCUT2D eigenvalue weighted by atomic mass is 16.5. The Morgan fingerprint density at radius 2 is 1.95 bits per heavy atom. The summed E-state index contributed by atoms with van der Waals surface area (Å²) in [6.07, 6.45) is 9.88. The van der Waals surface area contributed by atoms with Gasteiger partial charge in [-0.1, -0.05) is 45.3 Å². The van der Waals surface area contributed by atoms with Crippen molar-refractivity contribution in [3.63, 3.8) is 0 Å². The molecule has 10 atom stereocenters. The number of aliphatic carboxylic acids is 1. The molecule has 7 nitrogen and oxygen atoms in total. The van der Waals surface area contributed by atoms with Gasteiger partial charge in [0.05, 0.1) is 30.1 Å². The van der Waals surface area contributed by atoms with Gasteiger partial charge in [-0.3, -0.25) is 9.59 Å². The zero-order chi connectivity index (χ0) is 27.7. The number of carboxylic acid groups (broad SMARTS) is 1. The van der Waals surface area contributed by atoms with Gasteiger partial charge in [-0.25, -0.2) is 0 Å². The first-order valence-corrected chi connectivity index (χ1v) is 15.6. The number of piperidine rings is 1. The van der Waals surface area contributed by atoms with Crippen LogP contribution in [0.3, 0.4) is 0 Å². The molecule has 2 heterocycles. The second-order valence-corrected chi connectivity index (χ2v) is 14.0. The lowest BCUT2D eigenvalue weighted by Crippen LogP contribution is -2.66. The van der Waals surface area contributed by atoms with Crippen LogP contribution in [-0.4, -0.2) is 66.7 Å². The minimum absolute atomic E-state index is 0.00734. The number of carbonyl (C=O) groups excluding carboxylic acids is 2. The van der Waals surface area contributed by atoms with Gasteiger partial charge in [0.15, 0.2) is 0 Å². The summed E-state index contributed by atoms with van der Waals surface area (Å²) in [6.45, 7) is 11.3. The molecule has 6 rings (SSSR count). The second-order valence-electron chi connectivity index (χ2n) is 14.0. The first-order chi connectivity index (χ1) is 18.7. The zero-order valence-corrected chi connectivity index (χ0v) is 24.2. The molecule has 0 aromatic heterocycles. The lowest BCUT2D eigenvalue weighted by atomic mass is 9.41. The summed E-state index contributed by atoms with van der Waals surface area (Å²) >= 11 is 0. The van der Waals surface area contributed by atoms with Gasteiger partial charge in [-0.05, 0) is 88.1 Å². The average molecular weight is 542 g/mol. The Labute approximate surface area is 233 Å². The summed E-state index contributed by atoms with van der Waals surface area (Å²) in [5.74, 6) is -1.03. The molecule has 2 saturated heterocycles. The van der Waals surface area contributed by atoms with Gasteiger partial charge >= 0.3 is 11.9 Å². The van der Waals surface area contributed by atoms with Crippen LogP contribution in [0.5, 0.6) is 0 Å². The third kappa shape index (κ3) is 3.44. The van der Waals surface area contributed by atoms with Crippen LogP contribution >= 0.6 is 0 Å². The van der Waals surface area contributed by atoms with Crippen molar-refractivity contribution in [1.29, 1.82) is 0 Å². The lowest BCUT2D eigenvalue weighted by molar-refractivity contribution is -0.203. The number of nitrogens with zero attached hydrogens (tertiary/aromatic N) is 1. The van der Waals surface area contributed by atoms with Crippen molar-refractivity contribution >= 4 is 18.2 Å². The fourth-order valence-electron chi connectivity index (χ4n) is 11.0. The lowest BCUT2D eigenvalue weighted by Gasteiger charge is -2.60. The van der Waals surface area contributed by atoms with E-state index in [9.17, 15) is 19.5 Å². The Morgan fingerprint density at radius 1 is 1.21 bits per heavy atom. The van der Waals surface area contributed by atoms with Crippen LogP contribution < -0.4 is 0 Å². The Kier molecular flexibility index (Phi) is 6.81. The van der Waals surface area contributed by atoms with Crippen LogP contribution in [0.15, 0.2) is 11.6 Å². The minimum Gasteiger partial charge on any atom is -0.481 e. The molecule has 3 saturated carbocycles. The number of likely N-dealkylation sites (tertiary alicyclic amines) is 1. The van der Waals surface area contributed by atoms with E-state index < -0.39 is 34.2 Å². The molecular weight excluding hydrogens is 494 g/mol. The van der Waals surface area contributed by atoms with Gasteiger partial charge in [0, 0.05) is 12.0 Å². The molecule has 0 aromatic rings. The number of carbonyl (C=O) groups is 3. The molecule has 0 radical (unpaired) electrons. The molecule has 5 fully saturated rings. The first kappa shape index (κ1) is 27.4. The fourth-order valence-corrected chi connectivity index (χ4v) is 11.0. The van der Waals surface area contributed by atoms with Crippen LogP contribution in [0.25, 0.3) is 0 Å². The Morgan fingerprint density at radius 3 is 2.59 bits per heavy atom. The van der Waals surface area contributed by atoms with Gasteiger partial charge < -0.3 is 24.3 Å². The maximum atomic E-state index is 13.9. The predicted octanol–water partition coefficient (Wildman–Crippen LogP) is 4.73. The third-order valence-electron chi connectivity index (χ3n) is 12.2. The van der Waals surface area contributed by atoms with Crippen LogP contribution in [-0.2, 0) is 23.9 Å². The molecule has 2 aliphatic heterocycles. The standard InChI is InChI=1S/C32H47NO6/c1-5-38-28(35)23-14-22(17-33-11-7-6-8-12-33)39-27(23)31-16-24-20(4)9-10-25(24)30(18-34)15-21(31)13-26(19(2)3)32(30,31)29(36)37/h13,18-25,27H,5-12,14-17H2,1-4H3,(H,36,37)/t20-,21?,22?,23?,24-,25-,27?,30?,31?,32?/m1/s1. The SMILES string of the molecule is CCOC(=O)C1CC(CN2CCCCC2)OC1C12C[C@@H]3[C@H](C)CC[C@H]3C3(C=O)CC1C=C(C(C)C)C23C(=O)O. The monoisotopic (exact) mass is 541 g/mol. The van der Waals surface area contributed by atoms with Crippen LogP contribution in [0.1, 0.15) is 79.1 Å². The van der Waals surface area contributed by atoms with Crippen molar-refractivity contribution in [2.24, 2.45) is 51.8 Å². The zero-order valence-electron chi connectivity index (χ0n) is 24.2. The van der Waals surface area contributed by atoms with Gasteiger partial charge in [0.1, 0.15) is 11.7 Å². The minimum atomic E-state index is -1.35. The fraction of sp³-hybridized carbons (Fsp3) is 0.844. The van der Waals surface area contributed by atoms with E-state index in [4.69, 9.17) is 9.47 Å². The largest absolute Gasteiger partial charge is 0.481 e. The van der Waals surface area contributed by atoms with Gasteiger partial charge in [0.25, 0.3) is 0 Å². The molecule has 4 aliphatic carbocycles. The maximum Gasteiger partial charge on any atom is 0.315 e. The molecule has 39 heavy (non-hydrogen) atoms. The molecule has 7 unspecified atom stereocenters. The number of allylic oxidation sites excluding steroid dienone is 1. The highest BCUT2D eigenvalue weighted by Gasteiger charge is 2.87. The highest BCUT2D eigenvalue weighted by molar-refractivity contribution is 5.91. The van der Waals surface area contributed by atoms with E-state index in [-0.39, 0.29) is 42.4 Å². The number of carboxylic acids is 1. The van der Waals surface area contributed by atoms with E-state index in [1.54, 1.807) is 0 Å². The first-order valence-electron chi connectivity index (χ1n) is 15.6. The summed E-state index contributed by atoms with van der Waals surface area (Å²) in [7, 11) is 0. The third-order valence-corrected chi connectivity index (χ3v) is 12.2. The second kappa shape index (κ2) is 9.68. The Bertz CT molecular complexity index is 1050. The summed E-state index contributed by atoms with van der Waals surface area (Å²) < 4.78 is 12.6. The number of esters is 1. The number of rotatable bonds is 8.